The van der Waals surface area contributed by atoms with Gasteiger partial charge in [-0.15, -0.1) is 0 Å². The summed E-state index contributed by atoms with van der Waals surface area (Å²) in [6, 6.07) is 11.1. The van der Waals surface area contributed by atoms with Crippen LogP contribution >= 0.6 is 11.6 Å². The monoisotopic (exact) mass is 568 g/mol. The van der Waals surface area contributed by atoms with Crippen LogP contribution in [0, 0.1) is 0 Å². The van der Waals surface area contributed by atoms with E-state index in [1.165, 1.54) is 7.11 Å². The van der Waals surface area contributed by atoms with E-state index >= 15 is 0 Å². The average molecular weight is 569 g/mol. The zero-order chi connectivity index (χ0) is 28.7. The quantitative estimate of drug-likeness (QED) is 0.309. The Morgan fingerprint density at radius 3 is 2.67 bits per heavy atom. The summed E-state index contributed by atoms with van der Waals surface area (Å²) in [4.78, 5) is 33.8. The highest BCUT2D eigenvalue weighted by Crippen LogP contribution is 2.43. The molecular formula is C30H37ClN4O5. The van der Waals surface area contributed by atoms with Gasteiger partial charge >= 0.3 is 11.9 Å². The molecule has 1 fully saturated rings. The van der Waals surface area contributed by atoms with Crippen molar-refractivity contribution in [3.8, 4) is 0 Å². The number of halogens is 1. The molecule has 1 aromatic carbocycles. The molecule has 40 heavy (non-hydrogen) atoms. The minimum absolute atomic E-state index is 0.0840. The Bertz CT molecular complexity index is 1280. The van der Waals surface area contributed by atoms with Crippen LogP contribution < -0.4 is 11.1 Å². The van der Waals surface area contributed by atoms with E-state index in [2.05, 4.69) is 15.2 Å². The fourth-order valence-corrected chi connectivity index (χ4v) is 5.66. The van der Waals surface area contributed by atoms with Gasteiger partial charge in [-0.3, -0.25) is 9.88 Å². The number of carbonyl (C=O) groups is 2. The van der Waals surface area contributed by atoms with Crippen LogP contribution in [0.15, 0.2) is 71.3 Å². The maximum absolute atomic E-state index is 14.2. The number of ether oxygens (including phenoxy) is 3. The van der Waals surface area contributed by atoms with Crippen molar-refractivity contribution in [1.82, 2.24) is 15.2 Å². The number of esters is 2. The molecule has 3 N–H and O–H groups in total. The Labute approximate surface area is 240 Å². The fraction of sp³-hybridized carbons (Fsp3) is 0.433. The Hall–Kier alpha value is -3.24. The van der Waals surface area contributed by atoms with Crippen molar-refractivity contribution in [3.05, 3.63) is 87.5 Å². The topological polar surface area (TPSA) is 116 Å². The molecule has 0 radical (unpaired) electrons. The number of hydrogen-bond acceptors (Lipinski definition) is 9. The zero-order valence-electron chi connectivity index (χ0n) is 23.2. The first kappa shape index (κ1) is 29.7. The normalized spacial score (nSPS) is 21.4. The van der Waals surface area contributed by atoms with Crippen molar-refractivity contribution in [3.63, 3.8) is 0 Å². The number of rotatable bonds is 11. The van der Waals surface area contributed by atoms with Crippen LogP contribution in [-0.2, 0) is 30.3 Å². The van der Waals surface area contributed by atoms with Gasteiger partial charge in [-0.1, -0.05) is 42.8 Å². The average Bonchev–Trinajstić information content (AvgIpc) is 3.35. The molecule has 1 aromatic heterocycles. The number of aromatic nitrogens is 1. The lowest BCUT2D eigenvalue weighted by atomic mass is 9.80. The number of dihydropyridines is 1. The molecule has 2 atom stereocenters. The molecule has 2 aromatic rings. The van der Waals surface area contributed by atoms with E-state index in [9.17, 15) is 9.59 Å². The van der Waals surface area contributed by atoms with Crippen LogP contribution in [0.1, 0.15) is 43.7 Å². The SMILES string of the molecule is CC[C@]1(OC(=O)C2=C(COCCN)NC(C)=C(C(=O)OC)C2c2ccccc2Cl)CCN(Cc2cccnc2)C1. The number of likely N-dealkylation sites (tertiary alicyclic amines) is 1. The molecule has 0 saturated carbocycles. The van der Waals surface area contributed by atoms with Crippen LogP contribution in [0.5, 0.6) is 0 Å². The summed E-state index contributed by atoms with van der Waals surface area (Å²) >= 11 is 6.65. The molecule has 0 amide bonds. The summed E-state index contributed by atoms with van der Waals surface area (Å²) in [5, 5.41) is 3.64. The Balaban J connectivity index is 1.71. The van der Waals surface area contributed by atoms with Crippen LogP contribution in [0.2, 0.25) is 5.02 Å². The Kier molecular flexibility index (Phi) is 9.97. The van der Waals surface area contributed by atoms with Crippen molar-refractivity contribution < 1.29 is 23.8 Å². The van der Waals surface area contributed by atoms with E-state index in [1.54, 1.807) is 31.3 Å². The van der Waals surface area contributed by atoms with Crippen molar-refractivity contribution in [1.29, 1.82) is 0 Å². The van der Waals surface area contributed by atoms with Gasteiger partial charge in [0.15, 0.2) is 0 Å². The summed E-state index contributed by atoms with van der Waals surface area (Å²) < 4.78 is 17.3. The molecule has 0 bridgehead atoms. The third kappa shape index (κ3) is 6.55. The van der Waals surface area contributed by atoms with Crippen molar-refractivity contribution in [2.24, 2.45) is 5.73 Å². The first-order valence-electron chi connectivity index (χ1n) is 13.5. The number of benzene rings is 1. The standard InChI is InChI=1S/C30H37ClN4O5/c1-4-30(11-14-35(19-30)17-21-8-7-13-33-16-21)40-29(37)27-24(18-39-15-12-32)34-20(2)25(28(36)38-3)26(27)22-9-5-6-10-23(22)31/h5-10,13,16,26,34H,4,11-12,14-15,17-19,32H2,1-3H3/t26?,30-/m0/s1. The fourth-order valence-electron chi connectivity index (χ4n) is 5.42. The third-order valence-corrected chi connectivity index (χ3v) is 7.82. The van der Waals surface area contributed by atoms with Gasteiger partial charge in [-0.25, -0.2) is 9.59 Å². The Morgan fingerprint density at radius 1 is 1.20 bits per heavy atom. The Morgan fingerprint density at radius 2 is 2.00 bits per heavy atom. The highest BCUT2D eigenvalue weighted by molar-refractivity contribution is 6.31. The van der Waals surface area contributed by atoms with E-state index in [0.717, 1.165) is 12.1 Å². The smallest absolute Gasteiger partial charge is 0.337 e. The number of carbonyl (C=O) groups excluding carboxylic acids is 2. The van der Waals surface area contributed by atoms with Crippen LogP contribution in [0.25, 0.3) is 0 Å². The molecule has 214 valence electrons. The lowest BCUT2D eigenvalue weighted by Crippen LogP contribution is -2.41. The van der Waals surface area contributed by atoms with Crippen LogP contribution in [0.4, 0.5) is 0 Å². The highest BCUT2D eigenvalue weighted by atomic mass is 35.5. The highest BCUT2D eigenvalue weighted by Gasteiger charge is 2.45. The largest absolute Gasteiger partial charge is 0.466 e. The number of hydrogen-bond donors (Lipinski definition) is 2. The summed E-state index contributed by atoms with van der Waals surface area (Å²) in [7, 11) is 1.31. The number of nitrogens with one attached hydrogen (secondary N) is 1. The summed E-state index contributed by atoms with van der Waals surface area (Å²) in [5.41, 5.74) is 8.27. The zero-order valence-corrected chi connectivity index (χ0v) is 24.0. The van der Waals surface area contributed by atoms with Crippen molar-refractivity contribution in [2.75, 3.05) is 40.0 Å². The molecular weight excluding hydrogens is 532 g/mol. The molecule has 1 unspecified atom stereocenters. The van der Waals surface area contributed by atoms with Gasteiger partial charge in [-0.2, -0.15) is 0 Å². The number of nitrogens with zero attached hydrogens (tertiary/aromatic N) is 2. The first-order valence-corrected chi connectivity index (χ1v) is 13.9. The molecule has 9 nitrogen and oxygen atoms in total. The maximum Gasteiger partial charge on any atom is 0.337 e. The maximum atomic E-state index is 14.2. The summed E-state index contributed by atoms with van der Waals surface area (Å²) in [5.74, 6) is -1.90. The van der Waals surface area contributed by atoms with E-state index < -0.39 is 23.5 Å². The van der Waals surface area contributed by atoms with E-state index in [1.807, 2.05) is 31.3 Å². The minimum Gasteiger partial charge on any atom is -0.466 e. The van der Waals surface area contributed by atoms with Gasteiger partial charge in [0.1, 0.15) is 5.60 Å². The van der Waals surface area contributed by atoms with Crippen LogP contribution in [-0.4, -0.2) is 67.4 Å². The molecule has 3 heterocycles. The van der Waals surface area contributed by atoms with Gasteiger partial charge in [-0.05, 0) is 36.6 Å². The van der Waals surface area contributed by atoms with Crippen molar-refractivity contribution in [2.45, 2.75) is 44.8 Å². The summed E-state index contributed by atoms with van der Waals surface area (Å²) in [6.45, 7) is 6.58. The van der Waals surface area contributed by atoms with Crippen molar-refractivity contribution >= 4 is 23.5 Å². The molecule has 1 saturated heterocycles. The second-order valence-corrected chi connectivity index (χ2v) is 10.5. The number of methoxy groups -OCH3 is 1. The lowest BCUT2D eigenvalue weighted by Gasteiger charge is -2.34. The second kappa shape index (κ2) is 13.4. The van der Waals surface area contributed by atoms with E-state index in [-0.39, 0.29) is 12.2 Å². The lowest BCUT2D eigenvalue weighted by molar-refractivity contribution is -0.154. The number of nitrogens with two attached hydrogens (primary N) is 1. The van der Waals surface area contributed by atoms with E-state index in [0.29, 0.717) is 66.6 Å². The minimum atomic E-state index is -0.812. The molecule has 2 aliphatic rings. The van der Waals surface area contributed by atoms with Gasteiger partial charge < -0.3 is 25.3 Å². The first-order chi connectivity index (χ1) is 19.3. The molecule has 10 heteroatoms. The second-order valence-electron chi connectivity index (χ2n) is 10.1. The molecule has 0 aliphatic carbocycles. The molecule has 4 rings (SSSR count). The predicted octanol–water partition coefficient (Wildman–Crippen LogP) is 3.70. The number of pyridine rings is 1. The van der Waals surface area contributed by atoms with Crippen LogP contribution in [0.3, 0.4) is 0 Å². The predicted molar refractivity (Wildman–Crippen MR) is 152 cm³/mol. The van der Waals surface area contributed by atoms with Gasteiger partial charge in [0.05, 0.1) is 43.1 Å². The van der Waals surface area contributed by atoms with Gasteiger partial charge in [0.25, 0.3) is 0 Å². The third-order valence-electron chi connectivity index (χ3n) is 7.47. The van der Waals surface area contributed by atoms with E-state index in [4.69, 9.17) is 31.5 Å². The molecule has 2 aliphatic heterocycles. The number of allylic oxidation sites excluding steroid dienone is 1. The molecule has 0 spiro atoms. The van der Waals surface area contributed by atoms with Gasteiger partial charge in [0, 0.05) is 55.7 Å². The summed E-state index contributed by atoms with van der Waals surface area (Å²) in [6.07, 6.45) is 4.92. The van der Waals surface area contributed by atoms with Gasteiger partial charge in [0.2, 0.25) is 0 Å².